The zero-order chi connectivity index (χ0) is 20.5. The minimum absolute atomic E-state index is 0.0848. The molecule has 0 amide bonds. The van der Waals surface area contributed by atoms with E-state index in [0.717, 1.165) is 0 Å². The zero-order valence-electron chi connectivity index (χ0n) is 15.9. The first kappa shape index (κ1) is 20.4. The minimum atomic E-state index is -3.02. The SMILES string of the molecule is CC(C)(C)N1CCC(Oc2ccc(-c3ccnc(Cl)n3)cc2C#N)C(F)(F)C1. The van der Waals surface area contributed by atoms with Gasteiger partial charge in [-0.2, -0.15) is 5.26 Å². The number of nitriles is 1. The van der Waals surface area contributed by atoms with Crippen molar-refractivity contribution >= 4 is 11.6 Å². The van der Waals surface area contributed by atoms with Crippen LogP contribution in [-0.2, 0) is 0 Å². The number of halogens is 3. The summed E-state index contributed by atoms with van der Waals surface area (Å²) in [6.45, 7) is 5.87. The van der Waals surface area contributed by atoms with Gasteiger partial charge in [0.05, 0.1) is 17.8 Å². The number of benzene rings is 1. The number of aromatic nitrogens is 2. The molecule has 148 valence electrons. The fourth-order valence-corrected chi connectivity index (χ4v) is 3.31. The predicted molar refractivity (Wildman–Crippen MR) is 102 cm³/mol. The molecule has 0 bridgehead atoms. The van der Waals surface area contributed by atoms with Crippen molar-refractivity contribution in [2.45, 2.75) is 44.8 Å². The summed E-state index contributed by atoms with van der Waals surface area (Å²) in [5.41, 5.74) is 0.989. The van der Waals surface area contributed by atoms with Gasteiger partial charge >= 0.3 is 0 Å². The third-order valence-electron chi connectivity index (χ3n) is 4.77. The summed E-state index contributed by atoms with van der Waals surface area (Å²) in [6, 6.07) is 8.41. The van der Waals surface area contributed by atoms with Crippen LogP contribution in [0.3, 0.4) is 0 Å². The molecule has 1 fully saturated rings. The van der Waals surface area contributed by atoms with Crippen molar-refractivity contribution in [1.82, 2.24) is 14.9 Å². The Morgan fingerprint density at radius 3 is 2.68 bits per heavy atom. The molecule has 1 aromatic carbocycles. The first-order valence-electron chi connectivity index (χ1n) is 8.93. The van der Waals surface area contributed by atoms with Crippen molar-refractivity contribution in [2.75, 3.05) is 13.1 Å². The van der Waals surface area contributed by atoms with Gasteiger partial charge < -0.3 is 4.74 Å². The molecule has 8 heteroatoms. The maximum Gasteiger partial charge on any atom is 0.296 e. The number of nitrogens with zero attached hydrogens (tertiary/aromatic N) is 4. The standard InChI is InChI=1S/C20H21ClF2N4O/c1-19(2,3)27-9-7-17(20(22,23)12-27)28-16-5-4-13(10-14(16)11-24)15-6-8-25-18(21)26-15/h4-6,8,10,17H,7,9,12H2,1-3H3. The summed E-state index contributed by atoms with van der Waals surface area (Å²) < 4.78 is 35.0. The van der Waals surface area contributed by atoms with Gasteiger partial charge in [0, 0.05) is 30.3 Å². The van der Waals surface area contributed by atoms with E-state index >= 15 is 0 Å². The van der Waals surface area contributed by atoms with Crippen molar-refractivity contribution in [1.29, 1.82) is 5.26 Å². The Kier molecular flexibility index (Phi) is 5.55. The van der Waals surface area contributed by atoms with E-state index in [1.807, 2.05) is 26.8 Å². The number of ether oxygens (including phenoxy) is 1. The van der Waals surface area contributed by atoms with Crippen LogP contribution in [0.1, 0.15) is 32.8 Å². The Balaban J connectivity index is 1.82. The highest BCUT2D eigenvalue weighted by Gasteiger charge is 2.48. The molecule has 5 nitrogen and oxygen atoms in total. The van der Waals surface area contributed by atoms with E-state index in [-0.39, 0.29) is 35.1 Å². The molecule has 2 aromatic rings. The molecule has 0 spiro atoms. The normalized spacial score (nSPS) is 19.8. The highest BCUT2D eigenvalue weighted by atomic mass is 35.5. The Morgan fingerprint density at radius 2 is 2.07 bits per heavy atom. The van der Waals surface area contributed by atoms with E-state index < -0.39 is 12.0 Å². The van der Waals surface area contributed by atoms with Gasteiger partial charge in [-0.1, -0.05) is 0 Å². The number of hydrogen-bond acceptors (Lipinski definition) is 5. The molecule has 28 heavy (non-hydrogen) atoms. The average molecular weight is 407 g/mol. The molecule has 2 heterocycles. The van der Waals surface area contributed by atoms with Gasteiger partial charge in [-0.05, 0) is 56.6 Å². The summed E-state index contributed by atoms with van der Waals surface area (Å²) in [6.07, 6.45) is 0.404. The van der Waals surface area contributed by atoms with Crippen molar-refractivity contribution in [3.05, 3.63) is 41.3 Å². The van der Waals surface area contributed by atoms with Gasteiger partial charge in [0.2, 0.25) is 5.28 Å². The van der Waals surface area contributed by atoms with Crippen LogP contribution in [-0.4, -0.2) is 45.5 Å². The summed E-state index contributed by atoms with van der Waals surface area (Å²) in [5, 5.41) is 9.55. The summed E-state index contributed by atoms with van der Waals surface area (Å²) in [7, 11) is 0. The quantitative estimate of drug-likeness (QED) is 0.699. The first-order chi connectivity index (χ1) is 13.1. The number of hydrogen-bond donors (Lipinski definition) is 0. The van der Waals surface area contributed by atoms with Gasteiger partial charge in [0.15, 0.2) is 6.10 Å². The molecule has 1 unspecified atom stereocenters. The average Bonchev–Trinajstić information content (AvgIpc) is 2.62. The molecule has 1 aliphatic heterocycles. The van der Waals surface area contributed by atoms with Gasteiger partial charge in [-0.3, -0.25) is 4.90 Å². The lowest BCUT2D eigenvalue weighted by atomic mass is 9.96. The van der Waals surface area contributed by atoms with Gasteiger partial charge in [-0.25, -0.2) is 18.7 Å². The topological polar surface area (TPSA) is 62.0 Å². The Morgan fingerprint density at radius 1 is 1.32 bits per heavy atom. The third kappa shape index (κ3) is 4.40. The maximum absolute atomic E-state index is 14.7. The van der Waals surface area contributed by atoms with Crippen LogP contribution in [0.15, 0.2) is 30.5 Å². The van der Waals surface area contributed by atoms with Gasteiger partial charge in [-0.15, -0.1) is 0 Å². The highest BCUT2D eigenvalue weighted by Crippen LogP contribution is 2.35. The molecule has 0 saturated carbocycles. The van der Waals surface area contributed by atoms with Crippen molar-refractivity contribution in [3.63, 3.8) is 0 Å². The molecule has 1 atom stereocenters. The lowest BCUT2D eigenvalue weighted by Gasteiger charge is -2.44. The van der Waals surface area contributed by atoms with Crippen LogP contribution in [0, 0.1) is 11.3 Å². The molecular formula is C20H21ClF2N4O. The molecule has 0 radical (unpaired) electrons. The van der Waals surface area contributed by atoms with Crippen LogP contribution >= 0.6 is 11.6 Å². The number of piperidine rings is 1. The van der Waals surface area contributed by atoms with Crippen LogP contribution in [0.5, 0.6) is 5.75 Å². The minimum Gasteiger partial charge on any atom is -0.483 e. The van der Waals surface area contributed by atoms with Crippen LogP contribution in [0.25, 0.3) is 11.3 Å². The van der Waals surface area contributed by atoms with Crippen molar-refractivity contribution in [3.8, 4) is 23.1 Å². The van der Waals surface area contributed by atoms with E-state index in [1.54, 1.807) is 23.1 Å². The van der Waals surface area contributed by atoms with E-state index in [9.17, 15) is 14.0 Å². The van der Waals surface area contributed by atoms with E-state index in [0.29, 0.717) is 17.8 Å². The molecule has 0 aliphatic carbocycles. The van der Waals surface area contributed by atoms with Gasteiger partial charge in [0.25, 0.3) is 5.92 Å². The second-order valence-electron chi connectivity index (χ2n) is 7.78. The molecule has 1 aliphatic rings. The number of rotatable bonds is 3. The van der Waals surface area contributed by atoms with Crippen LogP contribution < -0.4 is 4.74 Å². The predicted octanol–water partition coefficient (Wildman–Crippen LogP) is 4.56. The fourth-order valence-electron chi connectivity index (χ4n) is 3.17. The van der Waals surface area contributed by atoms with Crippen molar-refractivity contribution in [2.24, 2.45) is 0 Å². The molecule has 0 N–H and O–H groups in total. The van der Waals surface area contributed by atoms with Crippen LogP contribution in [0.4, 0.5) is 8.78 Å². The molecule has 1 saturated heterocycles. The third-order valence-corrected chi connectivity index (χ3v) is 4.96. The van der Waals surface area contributed by atoms with E-state index in [4.69, 9.17) is 16.3 Å². The summed E-state index contributed by atoms with van der Waals surface area (Å²) in [5.74, 6) is -2.88. The summed E-state index contributed by atoms with van der Waals surface area (Å²) in [4.78, 5) is 9.67. The largest absolute Gasteiger partial charge is 0.483 e. The zero-order valence-corrected chi connectivity index (χ0v) is 16.7. The Labute approximate surface area is 167 Å². The monoisotopic (exact) mass is 406 g/mol. The van der Waals surface area contributed by atoms with E-state index in [1.165, 1.54) is 12.3 Å². The Hall–Kier alpha value is -2.30. The second-order valence-corrected chi connectivity index (χ2v) is 8.12. The fraction of sp³-hybridized carbons (Fsp3) is 0.450. The number of likely N-dealkylation sites (tertiary alicyclic amines) is 1. The maximum atomic E-state index is 14.7. The Bertz CT molecular complexity index is 908. The molecule has 1 aromatic heterocycles. The smallest absolute Gasteiger partial charge is 0.296 e. The molecular weight excluding hydrogens is 386 g/mol. The first-order valence-corrected chi connectivity index (χ1v) is 9.30. The van der Waals surface area contributed by atoms with Gasteiger partial charge in [0.1, 0.15) is 11.8 Å². The lowest BCUT2D eigenvalue weighted by Crippen LogP contribution is -2.58. The summed E-state index contributed by atoms with van der Waals surface area (Å²) >= 11 is 5.80. The lowest BCUT2D eigenvalue weighted by molar-refractivity contribution is -0.153. The van der Waals surface area contributed by atoms with Crippen LogP contribution in [0.2, 0.25) is 5.28 Å². The highest BCUT2D eigenvalue weighted by molar-refractivity contribution is 6.28. The number of alkyl halides is 2. The molecule has 3 rings (SSSR count). The van der Waals surface area contributed by atoms with E-state index in [2.05, 4.69) is 9.97 Å². The van der Waals surface area contributed by atoms with Crippen molar-refractivity contribution < 1.29 is 13.5 Å². The second kappa shape index (κ2) is 7.61.